The van der Waals surface area contributed by atoms with Crippen LogP contribution in [0.15, 0.2) is 36.7 Å². The summed E-state index contributed by atoms with van der Waals surface area (Å²) in [6.45, 7) is 6.37. The van der Waals surface area contributed by atoms with Crippen molar-refractivity contribution in [1.29, 1.82) is 0 Å². The molecule has 0 N–H and O–H groups in total. The molecule has 0 aliphatic carbocycles. The van der Waals surface area contributed by atoms with Crippen LogP contribution in [0.25, 0.3) is 11.3 Å². The van der Waals surface area contributed by atoms with Gasteiger partial charge in [0.2, 0.25) is 0 Å². The van der Waals surface area contributed by atoms with E-state index in [9.17, 15) is 4.79 Å². The molecule has 0 spiro atoms. The van der Waals surface area contributed by atoms with Crippen molar-refractivity contribution >= 4 is 28.7 Å². The first-order valence-corrected chi connectivity index (χ1v) is 12.0. The number of hydrogen-bond donors (Lipinski definition) is 0. The monoisotopic (exact) mass is 454 g/mol. The Kier molecular flexibility index (Phi) is 7.10. The normalized spacial score (nSPS) is 16.7. The molecule has 7 heteroatoms. The van der Waals surface area contributed by atoms with E-state index in [1.165, 1.54) is 48.5 Å². The fourth-order valence-electron chi connectivity index (χ4n) is 4.23. The maximum absolute atomic E-state index is 12.7. The summed E-state index contributed by atoms with van der Waals surface area (Å²) in [7, 11) is 0. The fourth-order valence-corrected chi connectivity index (χ4v) is 5.45. The van der Waals surface area contributed by atoms with Gasteiger partial charge in [-0.2, -0.15) is 0 Å². The summed E-state index contributed by atoms with van der Waals surface area (Å²) in [5.41, 5.74) is 3.64. The third-order valence-electron chi connectivity index (χ3n) is 5.72. The number of carbonyl (C=O) groups excluding carboxylic acids is 1. The molecule has 1 atom stereocenters. The molecule has 0 bridgehead atoms. The fraction of sp³-hybridized carbons (Fsp3) is 0.417. The first-order valence-electron chi connectivity index (χ1n) is 10.8. The third kappa shape index (κ3) is 5.37. The van der Waals surface area contributed by atoms with Crippen molar-refractivity contribution in [3.05, 3.63) is 63.0 Å². The van der Waals surface area contributed by atoms with Crippen LogP contribution in [0, 0.1) is 6.92 Å². The van der Waals surface area contributed by atoms with Crippen molar-refractivity contribution in [3.63, 3.8) is 0 Å². The van der Waals surface area contributed by atoms with Gasteiger partial charge in [0, 0.05) is 23.0 Å². The summed E-state index contributed by atoms with van der Waals surface area (Å²) in [4.78, 5) is 29.6. The van der Waals surface area contributed by atoms with E-state index in [0.29, 0.717) is 11.7 Å². The summed E-state index contributed by atoms with van der Waals surface area (Å²) in [5, 5.41) is 1.10. The predicted octanol–water partition coefficient (Wildman–Crippen LogP) is 5.75. The quantitative estimate of drug-likeness (QED) is 0.405. The van der Waals surface area contributed by atoms with Crippen LogP contribution in [0.4, 0.5) is 0 Å². The van der Waals surface area contributed by atoms with Crippen molar-refractivity contribution in [1.82, 2.24) is 19.9 Å². The maximum atomic E-state index is 12.7. The molecule has 31 heavy (non-hydrogen) atoms. The molecule has 5 nitrogen and oxygen atoms in total. The van der Waals surface area contributed by atoms with Crippen molar-refractivity contribution in [2.45, 2.75) is 58.5 Å². The van der Waals surface area contributed by atoms with Crippen LogP contribution in [0.1, 0.15) is 58.5 Å². The Hall–Kier alpha value is -2.15. The Morgan fingerprint density at radius 1 is 1.29 bits per heavy atom. The van der Waals surface area contributed by atoms with E-state index in [-0.39, 0.29) is 17.4 Å². The number of halogens is 1. The van der Waals surface area contributed by atoms with Crippen LogP contribution < -0.4 is 0 Å². The lowest BCUT2D eigenvalue weighted by molar-refractivity contribution is 0.0988. The van der Waals surface area contributed by atoms with Gasteiger partial charge in [0.25, 0.3) is 0 Å². The molecule has 3 heterocycles. The van der Waals surface area contributed by atoms with Crippen molar-refractivity contribution in [2.75, 3.05) is 6.54 Å². The van der Waals surface area contributed by atoms with E-state index in [1.54, 1.807) is 11.3 Å². The lowest BCUT2D eigenvalue weighted by atomic mass is 10.1. The number of Topliss-reactive ketones (excluding diaryl/α,β-unsaturated/α-hetero) is 1. The highest BCUT2D eigenvalue weighted by molar-refractivity contribution is 7.12. The molecule has 162 valence electrons. The van der Waals surface area contributed by atoms with Gasteiger partial charge in [-0.25, -0.2) is 15.0 Å². The molecule has 1 fully saturated rings. The highest BCUT2D eigenvalue weighted by Crippen LogP contribution is 2.33. The van der Waals surface area contributed by atoms with Gasteiger partial charge in [0.1, 0.15) is 15.9 Å². The molecule has 1 aliphatic rings. The van der Waals surface area contributed by atoms with Crippen LogP contribution in [-0.4, -0.2) is 38.2 Å². The first-order chi connectivity index (χ1) is 15.0. The molecule has 0 radical (unpaired) electrons. The average Bonchev–Trinajstić information content (AvgIpc) is 3.36. The summed E-state index contributed by atoms with van der Waals surface area (Å²) < 4.78 is 0. The SMILES string of the molecule is CCC[C@@H]1CCCN1Cc1sc(CC(=O)c2cnc(Cl)cn2)nc1-c1cccc(C)c1. The largest absolute Gasteiger partial charge is 0.295 e. The lowest BCUT2D eigenvalue weighted by Crippen LogP contribution is -2.28. The lowest BCUT2D eigenvalue weighted by Gasteiger charge is -2.23. The van der Waals surface area contributed by atoms with Crippen LogP contribution in [0.2, 0.25) is 5.15 Å². The van der Waals surface area contributed by atoms with E-state index in [2.05, 4.69) is 53.0 Å². The second-order valence-corrected chi connectivity index (χ2v) is 9.68. The molecule has 4 rings (SSSR count). The highest BCUT2D eigenvalue weighted by atomic mass is 35.5. The van der Waals surface area contributed by atoms with Gasteiger partial charge in [-0.3, -0.25) is 9.69 Å². The topological polar surface area (TPSA) is 59.0 Å². The van der Waals surface area contributed by atoms with Crippen molar-refractivity contribution in [3.8, 4) is 11.3 Å². The molecule has 1 aliphatic heterocycles. The number of rotatable bonds is 8. The van der Waals surface area contributed by atoms with Gasteiger partial charge in [-0.05, 0) is 38.8 Å². The zero-order valence-corrected chi connectivity index (χ0v) is 19.5. The first kappa shape index (κ1) is 22.1. The van der Waals surface area contributed by atoms with Gasteiger partial charge in [-0.1, -0.05) is 48.7 Å². The Balaban J connectivity index is 1.62. The van der Waals surface area contributed by atoms with Crippen LogP contribution in [0.5, 0.6) is 0 Å². The Bertz CT molecular complexity index is 1050. The summed E-state index contributed by atoms with van der Waals surface area (Å²) in [5.74, 6) is -0.0923. The molecular weight excluding hydrogens is 428 g/mol. The minimum atomic E-state index is -0.0923. The standard InChI is InChI=1S/C24H27ClN4OS/c1-3-6-18-9-5-10-29(18)15-21-24(17-8-4-7-16(2)11-17)28-23(31-21)12-20(30)19-13-27-22(25)14-26-19/h4,7-8,11,13-14,18H,3,5-6,9-10,12,15H2,1-2H3/t18-/m1/s1. The van der Waals surface area contributed by atoms with Crippen LogP contribution in [-0.2, 0) is 13.0 Å². The van der Waals surface area contributed by atoms with E-state index >= 15 is 0 Å². The second kappa shape index (κ2) is 9.98. The number of thiazole rings is 1. The number of aromatic nitrogens is 3. The molecule has 2 aromatic heterocycles. The summed E-state index contributed by atoms with van der Waals surface area (Å²) in [6.07, 6.45) is 8.02. The Morgan fingerprint density at radius 2 is 2.16 bits per heavy atom. The van der Waals surface area contributed by atoms with E-state index in [4.69, 9.17) is 16.6 Å². The van der Waals surface area contributed by atoms with Crippen molar-refractivity contribution < 1.29 is 4.79 Å². The van der Waals surface area contributed by atoms with E-state index in [0.717, 1.165) is 29.4 Å². The van der Waals surface area contributed by atoms with Gasteiger partial charge in [0.05, 0.1) is 24.5 Å². The average molecular weight is 455 g/mol. The zero-order valence-electron chi connectivity index (χ0n) is 18.0. The van der Waals surface area contributed by atoms with Crippen LogP contribution >= 0.6 is 22.9 Å². The molecule has 0 unspecified atom stereocenters. The number of aryl methyl sites for hydroxylation is 1. The van der Waals surface area contributed by atoms with Gasteiger partial charge in [-0.15, -0.1) is 11.3 Å². The number of ketones is 1. The second-order valence-electron chi connectivity index (χ2n) is 8.13. The van der Waals surface area contributed by atoms with Gasteiger partial charge in [0.15, 0.2) is 5.78 Å². The molecule has 0 saturated carbocycles. The summed E-state index contributed by atoms with van der Waals surface area (Å²) >= 11 is 7.44. The molecule has 1 saturated heterocycles. The van der Waals surface area contributed by atoms with Gasteiger partial charge >= 0.3 is 0 Å². The number of nitrogens with zero attached hydrogens (tertiary/aromatic N) is 4. The predicted molar refractivity (Wildman–Crippen MR) is 126 cm³/mol. The molecular formula is C24H27ClN4OS. The molecule has 0 amide bonds. The van der Waals surface area contributed by atoms with E-state index in [1.807, 2.05) is 0 Å². The number of carbonyl (C=O) groups is 1. The Morgan fingerprint density at radius 3 is 2.90 bits per heavy atom. The van der Waals surface area contributed by atoms with Crippen LogP contribution in [0.3, 0.4) is 0 Å². The van der Waals surface area contributed by atoms with Crippen molar-refractivity contribution in [2.24, 2.45) is 0 Å². The third-order valence-corrected chi connectivity index (χ3v) is 6.95. The minimum absolute atomic E-state index is 0.0923. The smallest absolute Gasteiger partial charge is 0.189 e. The summed E-state index contributed by atoms with van der Waals surface area (Å²) in [6, 6.07) is 9.08. The van der Waals surface area contributed by atoms with E-state index < -0.39 is 0 Å². The zero-order chi connectivity index (χ0) is 21.8. The maximum Gasteiger partial charge on any atom is 0.189 e. The number of benzene rings is 1. The highest BCUT2D eigenvalue weighted by Gasteiger charge is 2.26. The number of hydrogen-bond acceptors (Lipinski definition) is 6. The van der Waals surface area contributed by atoms with Gasteiger partial charge < -0.3 is 0 Å². The Labute approximate surface area is 192 Å². The molecule has 3 aromatic rings. The number of likely N-dealkylation sites (tertiary alicyclic amines) is 1. The molecule has 1 aromatic carbocycles. The minimum Gasteiger partial charge on any atom is -0.295 e.